The molecule has 0 radical (unpaired) electrons. The van der Waals surface area contributed by atoms with Crippen LogP contribution in [0.1, 0.15) is 23.6 Å². The maximum absolute atomic E-state index is 13.9. The van der Waals surface area contributed by atoms with Gasteiger partial charge in [-0.1, -0.05) is 37.3 Å². The van der Waals surface area contributed by atoms with Crippen molar-refractivity contribution in [3.05, 3.63) is 77.4 Å². The minimum Gasteiger partial charge on any atom is -0.491 e. The number of carbonyl (C=O) groups excluding carboxylic acids is 2. The maximum atomic E-state index is 13.9. The van der Waals surface area contributed by atoms with Crippen molar-refractivity contribution in [1.29, 1.82) is 0 Å². The largest absolute Gasteiger partial charge is 0.491 e. The second kappa shape index (κ2) is 8.23. The molecule has 0 aliphatic carbocycles. The molecule has 0 fully saturated rings. The van der Waals surface area contributed by atoms with Crippen molar-refractivity contribution in [2.75, 3.05) is 36.7 Å². The first-order valence-corrected chi connectivity index (χ1v) is 11.7. The van der Waals surface area contributed by atoms with Crippen LogP contribution in [-0.2, 0) is 16.6 Å². The fourth-order valence-electron chi connectivity index (χ4n) is 5.07. The number of anilines is 2. The second-order valence-corrected chi connectivity index (χ2v) is 8.80. The molecule has 8 nitrogen and oxygen atoms in total. The first-order valence-electron chi connectivity index (χ1n) is 11.7. The zero-order valence-electron chi connectivity index (χ0n) is 19.3. The number of ether oxygens (including phenoxy) is 3. The van der Waals surface area contributed by atoms with Gasteiger partial charge in [-0.25, -0.2) is 4.79 Å². The standard InChI is InChI=1S/C27H25N3O5/c1-2-17-7-9-18(10-8-17)29-26(32)28-11-12-30-21-6-4-3-5-19(21)27(25(30)31)15-33-22-14-24-23(13-20(22)27)34-16-35-24/h3-10,13-14H,2,11-12,15-16H2,1H3,(H2,28,29,32). The maximum Gasteiger partial charge on any atom is 0.319 e. The fraction of sp³-hybridized carbons (Fsp3) is 0.259. The SMILES string of the molecule is CCc1ccc(NC(=O)NCCN2C(=O)C3(COc4cc5c(cc43)OCO5)c3ccccc32)cc1. The lowest BCUT2D eigenvalue weighted by Gasteiger charge is -2.23. The van der Waals surface area contributed by atoms with E-state index in [4.69, 9.17) is 14.2 Å². The molecule has 0 saturated carbocycles. The average molecular weight is 472 g/mol. The van der Waals surface area contributed by atoms with E-state index in [1.165, 1.54) is 5.56 Å². The summed E-state index contributed by atoms with van der Waals surface area (Å²) in [6, 6.07) is 18.8. The van der Waals surface area contributed by atoms with Gasteiger partial charge < -0.3 is 29.7 Å². The highest BCUT2D eigenvalue weighted by Crippen LogP contribution is 2.54. The van der Waals surface area contributed by atoms with Gasteiger partial charge in [-0.3, -0.25) is 4.79 Å². The number of amides is 3. The number of carbonyl (C=O) groups is 2. The molecule has 1 atom stereocenters. The Morgan fingerprint density at radius 2 is 1.74 bits per heavy atom. The van der Waals surface area contributed by atoms with E-state index in [-0.39, 0.29) is 25.3 Å². The molecule has 0 saturated heterocycles. The zero-order chi connectivity index (χ0) is 24.0. The molecule has 3 aliphatic rings. The molecule has 1 spiro atoms. The van der Waals surface area contributed by atoms with Gasteiger partial charge in [0.2, 0.25) is 12.7 Å². The van der Waals surface area contributed by atoms with Crippen LogP contribution in [0.4, 0.5) is 16.2 Å². The summed E-state index contributed by atoms with van der Waals surface area (Å²) in [6.07, 6.45) is 0.943. The van der Waals surface area contributed by atoms with Gasteiger partial charge >= 0.3 is 6.03 Å². The van der Waals surface area contributed by atoms with E-state index < -0.39 is 5.41 Å². The van der Waals surface area contributed by atoms with Crippen LogP contribution in [0.15, 0.2) is 60.7 Å². The first kappa shape index (κ1) is 21.3. The van der Waals surface area contributed by atoms with Gasteiger partial charge in [-0.05, 0) is 41.8 Å². The van der Waals surface area contributed by atoms with Gasteiger partial charge in [-0.2, -0.15) is 0 Å². The third-order valence-corrected chi connectivity index (χ3v) is 6.88. The molecule has 0 aromatic heterocycles. The Balaban J connectivity index is 1.20. The number of hydrogen-bond donors (Lipinski definition) is 2. The first-order chi connectivity index (χ1) is 17.1. The molecule has 178 valence electrons. The topological polar surface area (TPSA) is 89.1 Å². The van der Waals surface area contributed by atoms with Crippen molar-refractivity contribution >= 4 is 23.3 Å². The highest BCUT2D eigenvalue weighted by Gasteiger charge is 2.57. The van der Waals surface area contributed by atoms with Crippen LogP contribution in [0, 0.1) is 0 Å². The number of aryl methyl sites for hydroxylation is 1. The number of rotatable bonds is 5. The van der Waals surface area contributed by atoms with Crippen molar-refractivity contribution in [3.8, 4) is 17.2 Å². The van der Waals surface area contributed by atoms with Crippen LogP contribution in [-0.4, -0.2) is 38.4 Å². The summed E-state index contributed by atoms with van der Waals surface area (Å²) >= 11 is 0. The third-order valence-electron chi connectivity index (χ3n) is 6.88. The number of fused-ring (bicyclic) bond motifs is 5. The fourth-order valence-corrected chi connectivity index (χ4v) is 5.07. The predicted molar refractivity (Wildman–Crippen MR) is 130 cm³/mol. The molecule has 3 aromatic rings. The average Bonchev–Trinajstić information content (AvgIpc) is 3.55. The van der Waals surface area contributed by atoms with Crippen molar-refractivity contribution in [1.82, 2.24) is 5.32 Å². The molecule has 0 bridgehead atoms. The van der Waals surface area contributed by atoms with E-state index in [9.17, 15) is 9.59 Å². The molecule has 35 heavy (non-hydrogen) atoms. The smallest absolute Gasteiger partial charge is 0.319 e. The Morgan fingerprint density at radius 3 is 2.54 bits per heavy atom. The molecule has 3 heterocycles. The van der Waals surface area contributed by atoms with E-state index in [1.807, 2.05) is 54.6 Å². The van der Waals surface area contributed by atoms with Gasteiger partial charge in [0.25, 0.3) is 0 Å². The van der Waals surface area contributed by atoms with Gasteiger partial charge in [0.15, 0.2) is 11.5 Å². The van der Waals surface area contributed by atoms with Gasteiger partial charge in [0.05, 0.1) is 0 Å². The van der Waals surface area contributed by atoms with Crippen LogP contribution in [0.5, 0.6) is 17.2 Å². The third kappa shape index (κ3) is 3.36. The number of nitrogens with one attached hydrogen (secondary N) is 2. The van der Waals surface area contributed by atoms with E-state index in [0.29, 0.717) is 30.3 Å². The van der Waals surface area contributed by atoms with E-state index in [0.717, 1.165) is 28.9 Å². The molecular weight excluding hydrogens is 446 g/mol. The summed E-state index contributed by atoms with van der Waals surface area (Å²) in [7, 11) is 0. The van der Waals surface area contributed by atoms with Crippen LogP contribution >= 0.6 is 0 Å². The zero-order valence-corrected chi connectivity index (χ0v) is 19.3. The van der Waals surface area contributed by atoms with Gasteiger partial charge in [0.1, 0.15) is 17.8 Å². The van der Waals surface area contributed by atoms with Crippen LogP contribution in [0.25, 0.3) is 0 Å². The van der Waals surface area contributed by atoms with Crippen molar-refractivity contribution in [3.63, 3.8) is 0 Å². The number of urea groups is 1. The molecular formula is C27H25N3O5. The van der Waals surface area contributed by atoms with Gasteiger partial charge in [-0.15, -0.1) is 0 Å². The van der Waals surface area contributed by atoms with Gasteiger partial charge in [0, 0.05) is 36.1 Å². The summed E-state index contributed by atoms with van der Waals surface area (Å²) in [5, 5.41) is 5.69. The molecule has 3 aromatic carbocycles. The van der Waals surface area contributed by atoms with E-state index in [1.54, 1.807) is 11.0 Å². The lowest BCUT2D eigenvalue weighted by atomic mass is 9.77. The number of nitrogens with zero attached hydrogens (tertiary/aromatic N) is 1. The second-order valence-electron chi connectivity index (χ2n) is 8.80. The summed E-state index contributed by atoms with van der Waals surface area (Å²) in [5.41, 5.74) is 3.48. The monoisotopic (exact) mass is 471 g/mol. The van der Waals surface area contributed by atoms with Crippen molar-refractivity contribution in [2.45, 2.75) is 18.8 Å². The normalized spacial score (nSPS) is 18.9. The van der Waals surface area contributed by atoms with Crippen molar-refractivity contribution in [2.24, 2.45) is 0 Å². The number of para-hydroxylation sites is 1. The van der Waals surface area contributed by atoms with Crippen LogP contribution < -0.4 is 29.7 Å². The highest BCUT2D eigenvalue weighted by molar-refractivity contribution is 6.11. The van der Waals surface area contributed by atoms with E-state index in [2.05, 4.69) is 17.6 Å². The molecule has 2 N–H and O–H groups in total. The minimum absolute atomic E-state index is 0.0753. The molecule has 3 amide bonds. The molecule has 3 aliphatic heterocycles. The minimum atomic E-state index is -0.948. The summed E-state index contributed by atoms with van der Waals surface area (Å²) in [6.45, 7) is 3.07. The molecule has 1 unspecified atom stereocenters. The Labute approximate surface area is 202 Å². The number of hydrogen-bond acceptors (Lipinski definition) is 5. The Kier molecular flexibility index (Phi) is 5.02. The van der Waals surface area contributed by atoms with Crippen LogP contribution in [0.2, 0.25) is 0 Å². The lowest BCUT2D eigenvalue weighted by molar-refractivity contribution is -0.122. The Morgan fingerprint density at radius 1 is 0.971 bits per heavy atom. The highest BCUT2D eigenvalue weighted by atomic mass is 16.7. The quantitative estimate of drug-likeness (QED) is 0.591. The Hall–Kier alpha value is -4.20. The summed E-state index contributed by atoms with van der Waals surface area (Å²) < 4.78 is 17.1. The predicted octanol–water partition coefficient (Wildman–Crippen LogP) is 3.82. The molecule has 6 rings (SSSR count). The summed E-state index contributed by atoms with van der Waals surface area (Å²) in [4.78, 5) is 28.1. The van der Waals surface area contributed by atoms with Crippen LogP contribution in [0.3, 0.4) is 0 Å². The number of benzene rings is 3. The summed E-state index contributed by atoms with van der Waals surface area (Å²) in [5.74, 6) is 1.79. The lowest BCUT2D eigenvalue weighted by Crippen LogP contribution is -2.45. The van der Waals surface area contributed by atoms with Crippen molar-refractivity contribution < 1.29 is 23.8 Å². The van der Waals surface area contributed by atoms with E-state index >= 15 is 0 Å². The molecule has 8 heteroatoms. The Bertz CT molecular complexity index is 1320.